The monoisotopic (exact) mass is 345 g/mol. The van der Waals surface area contributed by atoms with E-state index in [0.29, 0.717) is 11.1 Å². The standard InChI is InChI=1S/C14H18F3N5S/c1-2-23-10-5-3-4-8-21(9-10)12-7-6-11-18-19-13(14(15,16)17)22(11)20-12/h6-7,10H,2-5,8-9H2,1H3. The highest BCUT2D eigenvalue weighted by molar-refractivity contribution is 7.99. The predicted octanol–water partition coefficient (Wildman–Crippen LogP) is 3.26. The van der Waals surface area contributed by atoms with Crippen LogP contribution < -0.4 is 4.90 Å². The van der Waals surface area contributed by atoms with Crippen LogP contribution in [-0.2, 0) is 6.18 Å². The Hall–Kier alpha value is -1.51. The Bertz CT molecular complexity index is 672. The van der Waals surface area contributed by atoms with Crippen LogP contribution in [0.25, 0.3) is 5.65 Å². The number of aromatic nitrogens is 4. The smallest absolute Gasteiger partial charge is 0.354 e. The Kier molecular flexibility index (Phi) is 4.65. The van der Waals surface area contributed by atoms with Crippen molar-refractivity contribution >= 4 is 23.2 Å². The van der Waals surface area contributed by atoms with Crippen LogP contribution in [0.3, 0.4) is 0 Å². The number of halogens is 3. The summed E-state index contributed by atoms with van der Waals surface area (Å²) in [6.45, 7) is 3.74. The zero-order valence-corrected chi connectivity index (χ0v) is 13.6. The van der Waals surface area contributed by atoms with Crippen molar-refractivity contribution in [3.63, 3.8) is 0 Å². The molecule has 2 aromatic rings. The van der Waals surface area contributed by atoms with E-state index in [-0.39, 0.29) is 5.65 Å². The van der Waals surface area contributed by atoms with Gasteiger partial charge >= 0.3 is 6.18 Å². The van der Waals surface area contributed by atoms with Crippen LogP contribution in [0, 0.1) is 0 Å². The number of fused-ring (bicyclic) bond motifs is 1. The summed E-state index contributed by atoms with van der Waals surface area (Å²) < 4.78 is 39.7. The van der Waals surface area contributed by atoms with Crippen molar-refractivity contribution in [3.05, 3.63) is 18.0 Å². The molecule has 1 fully saturated rings. The van der Waals surface area contributed by atoms with Gasteiger partial charge in [0.15, 0.2) is 5.65 Å². The summed E-state index contributed by atoms with van der Waals surface area (Å²) in [4.78, 5) is 2.07. The number of nitrogens with zero attached hydrogens (tertiary/aromatic N) is 5. The molecule has 3 heterocycles. The number of alkyl halides is 3. The lowest BCUT2D eigenvalue weighted by atomic mass is 10.2. The zero-order valence-electron chi connectivity index (χ0n) is 12.8. The molecule has 2 aromatic heterocycles. The summed E-state index contributed by atoms with van der Waals surface area (Å²) in [7, 11) is 0. The molecule has 0 saturated carbocycles. The molecular weight excluding hydrogens is 327 g/mol. The number of hydrogen-bond acceptors (Lipinski definition) is 5. The van der Waals surface area contributed by atoms with E-state index in [1.807, 2.05) is 11.8 Å². The van der Waals surface area contributed by atoms with Gasteiger partial charge in [-0.15, -0.1) is 15.3 Å². The minimum absolute atomic E-state index is 0.107. The maximum atomic E-state index is 13.0. The Morgan fingerprint density at radius 3 is 2.83 bits per heavy atom. The molecule has 0 N–H and O–H groups in total. The average Bonchev–Trinajstić information content (AvgIpc) is 2.80. The van der Waals surface area contributed by atoms with Crippen LogP contribution in [0.15, 0.2) is 12.1 Å². The molecule has 0 bridgehead atoms. The average molecular weight is 345 g/mol. The number of thioether (sulfide) groups is 1. The van der Waals surface area contributed by atoms with Crippen molar-refractivity contribution in [2.24, 2.45) is 0 Å². The van der Waals surface area contributed by atoms with Gasteiger partial charge < -0.3 is 4.90 Å². The first-order valence-electron chi connectivity index (χ1n) is 7.65. The predicted molar refractivity (Wildman–Crippen MR) is 83.8 cm³/mol. The molecule has 9 heteroatoms. The van der Waals surface area contributed by atoms with Gasteiger partial charge in [0.2, 0.25) is 0 Å². The Morgan fingerprint density at radius 2 is 2.09 bits per heavy atom. The van der Waals surface area contributed by atoms with Crippen LogP contribution in [0.4, 0.5) is 19.0 Å². The lowest BCUT2D eigenvalue weighted by molar-refractivity contribution is -0.146. The van der Waals surface area contributed by atoms with E-state index in [4.69, 9.17) is 0 Å². The van der Waals surface area contributed by atoms with E-state index < -0.39 is 12.0 Å². The van der Waals surface area contributed by atoms with E-state index >= 15 is 0 Å². The largest absolute Gasteiger partial charge is 0.453 e. The summed E-state index contributed by atoms with van der Waals surface area (Å²) in [6.07, 6.45) is -1.27. The summed E-state index contributed by atoms with van der Waals surface area (Å²) in [5.74, 6) is 0.504. The van der Waals surface area contributed by atoms with Gasteiger partial charge in [-0.1, -0.05) is 13.3 Å². The fourth-order valence-electron chi connectivity index (χ4n) is 2.81. The van der Waals surface area contributed by atoms with Gasteiger partial charge in [0.25, 0.3) is 5.82 Å². The Morgan fingerprint density at radius 1 is 1.26 bits per heavy atom. The summed E-state index contributed by atoms with van der Waals surface area (Å²) in [5, 5.41) is 11.4. The highest BCUT2D eigenvalue weighted by atomic mass is 32.2. The maximum absolute atomic E-state index is 13.0. The van der Waals surface area contributed by atoms with Crippen molar-refractivity contribution in [1.82, 2.24) is 19.8 Å². The van der Waals surface area contributed by atoms with Crippen molar-refractivity contribution < 1.29 is 13.2 Å². The van der Waals surface area contributed by atoms with E-state index in [1.54, 1.807) is 6.07 Å². The summed E-state index contributed by atoms with van der Waals surface area (Å²) in [5.41, 5.74) is 0.107. The molecule has 0 spiro atoms. The van der Waals surface area contributed by atoms with E-state index in [9.17, 15) is 13.2 Å². The van der Waals surface area contributed by atoms with Gasteiger partial charge in [-0.25, -0.2) is 0 Å². The van der Waals surface area contributed by atoms with Crippen LogP contribution in [0.2, 0.25) is 0 Å². The lowest BCUT2D eigenvalue weighted by Crippen LogP contribution is -2.31. The second-order valence-corrected chi connectivity index (χ2v) is 7.08. The highest BCUT2D eigenvalue weighted by Crippen LogP contribution is 2.29. The van der Waals surface area contributed by atoms with Gasteiger partial charge in [0.05, 0.1) is 0 Å². The van der Waals surface area contributed by atoms with Crippen LogP contribution >= 0.6 is 11.8 Å². The van der Waals surface area contributed by atoms with Crippen molar-refractivity contribution in [2.45, 2.75) is 37.6 Å². The first-order chi connectivity index (χ1) is 11.0. The number of rotatable bonds is 3. The van der Waals surface area contributed by atoms with E-state index in [1.165, 1.54) is 6.07 Å². The van der Waals surface area contributed by atoms with Gasteiger partial charge in [0, 0.05) is 18.3 Å². The third-order valence-corrected chi connectivity index (χ3v) is 5.05. The molecule has 3 rings (SSSR count). The Balaban J connectivity index is 1.92. The number of hydrogen-bond donors (Lipinski definition) is 0. The number of anilines is 1. The molecule has 1 atom stereocenters. The third-order valence-electron chi connectivity index (χ3n) is 3.86. The molecule has 0 radical (unpaired) electrons. The van der Waals surface area contributed by atoms with Gasteiger partial charge in [0.1, 0.15) is 5.82 Å². The second kappa shape index (κ2) is 6.54. The van der Waals surface area contributed by atoms with Crippen LogP contribution in [0.5, 0.6) is 0 Å². The first kappa shape index (κ1) is 16.4. The molecule has 23 heavy (non-hydrogen) atoms. The van der Waals surface area contributed by atoms with E-state index in [0.717, 1.165) is 42.6 Å². The third kappa shape index (κ3) is 3.54. The molecule has 1 aliphatic rings. The van der Waals surface area contributed by atoms with Gasteiger partial charge in [-0.3, -0.25) is 0 Å². The topological polar surface area (TPSA) is 46.3 Å². The van der Waals surface area contributed by atoms with Crippen molar-refractivity contribution in [3.8, 4) is 0 Å². The second-order valence-electron chi connectivity index (χ2n) is 5.50. The highest BCUT2D eigenvalue weighted by Gasteiger charge is 2.37. The summed E-state index contributed by atoms with van der Waals surface area (Å²) >= 11 is 1.90. The van der Waals surface area contributed by atoms with Crippen molar-refractivity contribution in [2.75, 3.05) is 23.7 Å². The minimum atomic E-state index is -4.57. The fourth-order valence-corrected chi connectivity index (χ4v) is 3.90. The molecule has 0 aliphatic carbocycles. The quantitative estimate of drug-likeness (QED) is 0.854. The molecule has 1 aliphatic heterocycles. The van der Waals surface area contributed by atoms with Crippen LogP contribution in [-0.4, -0.2) is 43.9 Å². The molecule has 1 saturated heterocycles. The summed E-state index contributed by atoms with van der Waals surface area (Å²) in [6, 6.07) is 3.26. The van der Waals surface area contributed by atoms with Crippen molar-refractivity contribution in [1.29, 1.82) is 0 Å². The Labute approximate surface area is 136 Å². The normalized spacial score (nSPS) is 20.0. The molecule has 0 aromatic carbocycles. The fraction of sp³-hybridized carbons (Fsp3) is 0.643. The van der Waals surface area contributed by atoms with Crippen LogP contribution in [0.1, 0.15) is 32.0 Å². The van der Waals surface area contributed by atoms with Gasteiger partial charge in [-0.2, -0.15) is 29.4 Å². The molecular formula is C14H18F3N5S. The molecule has 1 unspecified atom stereocenters. The molecule has 0 amide bonds. The lowest BCUT2D eigenvalue weighted by Gasteiger charge is -2.25. The minimum Gasteiger partial charge on any atom is -0.354 e. The molecule has 126 valence electrons. The van der Waals surface area contributed by atoms with E-state index in [2.05, 4.69) is 27.1 Å². The maximum Gasteiger partial charge on any atom is 0.453 e. The first-order valence-corrected chi connectivity index (χ1v) is 8.70. The zero-order chi connectivity index (χ0) is 16.4. The molecule has 5 nitrogen and oxygen atoms in total. The van der Waals surface area contributed by atoms with Gasteiger partial charge in [-0.05, 0) is 30.7 Å². The SMILES string of the molecule is CCSC1CCCCN(c2ccc3nnc(C(F)(F)F)n3n2)C1.